The first kappa shape index (κ1) is 22.3. The van der Waals surface area contributed by atoms with Crippen LogP contribution in [0, 0.1) is 0 Å². The molecule has 0 saturated carbocycles. The van der Waals surface area contributed by atoms with Gasteiger partial charge in [-0.2, -0.15) is 13.2 Å². The molecule has 4 aromatic rings. The Bertz CT molecular complexity index is 1280. The van der Waals surface area contributed by atoms with Crippen molar-refractivity contribution < 1.29 is 22.3 Å². The van der Waals surface area contributed by atoms with Gasteiger partial charge in [0.1, 0.15) is 5.76 Å². The van der Waals surface area contributed by atoms with Crippen molar-refractivity contribution in [2.24, 2.45) is 0 Å². The number of para-hydroxylation sites is 1. The smallest absolute Gasteiger partial charge is 0.417 e. The Kier molecular flexibility index (Phi) is 5.96. The lowest BCUT2D eigenvalue weighted by atomic mass is 10.0. The Morgan fingerprint density at radius 3 is 2.29 bits per heavy atom. The summed E-state index contributed by atoms with van der Waals surface area (Å²) in [7, 11) is 1.54. The summed E-state index contributed by atoms with van der Waals surface area (Å²) < 4.78 is 52.0. The molecular weight excluding hydrogens is 441 g/mol. The maximum Gasteiger partial charge on any atom is 0.417 e. The molecule has 0 spiro atoms. The lowest BCUT2D eigenvalue weighted by molar-refractivity contribution is -0.137. The number of fused-ring (bicyclic) bond motifs is 1. The lowest BCUT2D eigenvalue weighted by Gasteiger charge is -2.36. The first-order valence-electron chi connectivity index (χ1n) is 11.2. The van der Waals surface area contributed by atoms with E-state index in [0.29, 0.717) is 11.3 Å². The summed E-state index contributed by atoms with van der Waals surface area (Å²) in [4.78, 5) is 4.75. The van der Waals surface area contributed by atoms with Gasteiger partial charge in [0.2, 0.25) is 0 Å². The molecule has 2 heterocycles. The van der Waals surface area contributed by atoms with Gasteiger partial charge in [-0.05, 0) is 42.0 Å². The van der Waals surface area contributed by atoms with E-state index in [9.17, 15) is 13.2 Å². The van der Waals surface area contributed by atoms with E-state index in [0.717, 1.165) is 49.7 Å². The predicted octanol–water partition coefficient (Wildman–Crippen LogP) is 6.45. The number of halogens is 3. The van der Waals surface area contributed by atoms with Gasteiger partial charge in [-0.15, -0.1) is 0 Å². The molecule has 34 heavy (non-hydrogen) atoms. The van der Waals surface area contributed by atoms with E-state index >= 15 is 0 Å². The zero-order valence-corrected chi connectivity index (χ0v) is 18.8. The first-order chi connectivity index (χ1) is 16.4. The number of hydrogen-bond donors (Lipinski definition) is 0. The van der Waals surface area contributed by atoms with Crippen LogP contribution in [0.5, 0.6) is 5.75 Å². The number of hydrogen-bond acceptors (Lipinski definition) is 4. The number of rotatable bonds is 5. The standard InChI is InChI=1S/C27H25F3N2O2/c1-33-25-16-19(18-31-11-13-32(14-12-31)21-7-3-2-4-8-21)15-20-17-24(34-26(20)25)22-9-5-6-10-23(22)27(28,29)30/h2-10,15-17H,11-14,18H2,1H3. The molecule has 0 radical (unpaired) electrons. The highest BCUT2D eigenvalue weighted by Crippen LogP contribution is 2.40. The van der Waals surface area contributed by atoms with Gasteiger partial charge in [0.15, 0.2) is 11.3 Å². The van der Waals surface area contributed by atoms with Crippen molar-refractivity contribution in [1.82, 2.24) is 4.90 Å². The molecule has 1 aromatic heterocycles. The van der Waals surface area contributed by atoms with E-state index in [1.807, 2.05) is 18.2 Å². The van der Waals surface area contributed by atoms with Crippen molar-refractivity contribution in [2.45, 2.75) is 12.7 Å². The molecule has 1 aliphatic heterocycles. The van der Waals surface area contributed by atoms with Crippen LogP contribution in [-0.2, 0) is 12.7 Å². The average Bonchev–Trinajstić information content (AvgIpc) is 3.28. The normalized spacial score (nSPS) is 15.1. The predicted molar refractivity (Wildman–Crippen MR) is 127 cm³/mol. The van der Waals surface area contributed by atoms with Crippen molar-refractivity contribution in [3.05, 3.63) is 83.9 Å². The molecule has 0 amide bonds. The molecule has 1 saturated heterocycles. The quantitative estimate of drug-likeness (QED) is 0.338. The molecule has 0 aliphatic carbocycles. The largest absolute Gasteiger partial charge is 0.493 e. The topological polar surface area (TPSA) is 28.9 Å². The molecule has 1 fully saturated rings. The van der Waals surface area contributed by atoms with Crippen molar-refractivity contribution in [3.63, 3.8) is 0 Å². The highest BCUT2D eigenvalue weighted by Gasteiger charge is 2.34. The van der Waals surface area contributed by atoms with Crippen LogP contribution >= 0.6 is 0 Å². The highest BCUT2D eigenvalue weighted by atomic mass is 19.4. The maximum absolute atomic E-state index is 13.5. The second kappa shape index (κ2) is 9.06. The monoisotopic (exact) mass is 466 g/mol. The minimum Gasteiger partial charge on any atom is -0.493 e. The van der Waals surface area contributed by atoms with Crippen LogP contribution in [0.4, 0.5) is 18.9 Å². The zero-order chi connectivity index (χ0) is 23.7. The number of nitrogens with zero attached hydrogens (tertiary/aromatic N) is 2. The molecule has 0 unspecified atom stereocenters. The van der Waals surface area contributed by atoms with Gasteiger partial charge in [0, 0.05) is 49.4 Å². The Morgan fingerprint density at radius 2 is 1.59 bits per heavy atom. The molecular formula is C27H25F3N2O2. The molecule has 7 heteroatoms. The van der Waals surface area contributed by atoms with Gasteiger partial charge in [-0.3, -0.25) is 4.90 Å². The second-order valence-electron chi connectivity index (χ2n) is 8.47. The minimum atomic E-state index is -4.47. The van der Waals surface area contributed by atoms with Crippen LogP contribution in [0.1, 0.15) is 11.1 Å². The van der Waals surface area contributed by atoms with Gasteiger partial charge in [-0.1, -0.05) is 36.4 Å². The minimum absolute atomic E-state index is 0.0202. The fraction of sp³-hybridized carbons (Fsp3) is 0.259. The number of benzene rings is 3. The molecule has 1 aliphatic rings. The van der Waals surface area contributed by atoms with Crippen LogP contribution in [-0.4, -0.2) is 38.2 Å². The Hall–Kier alpha value is -3.45. The summed E-state index contributed by atoms with van der Waals surface area (Å²) in [6.07, 6.45) is -4.47. The van der Waals surface area contributed by atoms with Gasteiger partial charge >= 0.3 is 6.18 Å². The van der Waals surface area contributed by atoms with E-state index in [-0.39, 0.29) is 11.3 Å². The fourth-order valence-corrected chi connectivity index (χ4v) is 4.56. The summed E-state index contributed by atoms with van der Waals surface area (Å²) in [5.74, 6) is 0.695. The first-order valence-corrected chi connectivity index (χ1v) is 11.2. The second-order valence-corrected chi connectivity index (χ2v) is 8.47. The van der Waals surface area contributed by atoms with Gasteiger partial charge in [0.05, 0.1) is 12.7 Å². The van der Waals surface area contributed by atoms with E-state index in [1.165, 1.54) is 17.8 Å². The van der Waals surface area contributed by atoms with Gasteiger partial charge in [-0.25, -0.2) is 0 Å². The summed E-state index contributed by atoms with van der Waals surface area (Å²) in [5, 5.41) is 0.726. The number of piperazine rings is 1. The van der Waals surface area contributed by atoms with Crippen LogP contribution in [0.3, 0.4) is 0 Å². The van der Waals surface area contributed by atoms with Crippen molar-refractivity contribution in [1.29, 1.82) is 0 Å². The molecule has 0 N–H and O–H groups in total. The van der Waals surface area contributed by atoms with E-state index in [4.69, 9.17) is 9.15 Å². The van der Waals surface area contributed by atoms with Crippen molar-refractivity contribution in [2.75, 3.05) is 38.2 Å². The third kappa shape index (κ3) is 4.48. The highest BCUT2D eigenvalue weighted by molar-refractivity contribution is 5.88. The van der Waals surface area contributed by atoms with Crippen LogP contribution in [0.2, 0.25) is 0 Å². The van der Waals surface area contributed by atoms with Gasteiger partial charge < -0.3 is 14.1 Å². The van der Waals surface area contributed by atoms with E-state index in [1.54, 1.807) is 19.2 Å². The molecule has 0 bridgehead atoms. The van der Waals surface area contributed by atoms with Crippen LogP contribution < -0.4 is 9.64 Å². The molecule has 176 valence electrons. The average molecular weight is 467 g/mol. The Morgan fingerprint density at radius 1 is 0.882 bits per heavy atom. The number of alkyl halides is 3. The number of furan rings is 1. The van der Waals surface area contributed by atoms with Gasteiger partial charge in [0.25, 0.3) is 0 Å². The molecule has 0 atom stereocenters. The molecule has 5 rings (SSSR count). The molecule has 4 nitrogen and oxygen atoms in total. The Balaban J connectivity index is 1.38. The van der Waals surface area contributed by atoms with E-state index in [2.05, 4.69) is 34.1 Å². The summed E-state index contributed by atoms with van der Waals surface area (Å²) >= 11 is 0. The van der Waals surface area contributed by atoms with E-state index < -0.39 is 11.7 Å². The third-order valence-corrected chi connectivity index (χ3v) is 6.26. The zero-order valence-electron chi connectivity index (χ0n) is 18.8. The SMILES string of the molecule is COc1cc(CN2CCN(c3ccccc3)CC2)cc2cc(-c3ccccc3C(F)(F)F)oc12. The fourth-order valence-electron chi connectivity index (χ4n) is 4.56. The van der Waals surface area contributed by atoms with Crippen LogP contribution in [0.15, 0.2) is 77.2 Å². The summed E-state index contributed by atoms with van der Waals surface area (Å²) in [6, 6.07) is 21.4. The van der Waals surface area contributed by atoms with Crippen molar-refractivity contribution in [3.8, 4) is 17.1 Å². The van der Waals surface area contributed by atoms with Crippen molar-refractivity contribution >= 4 is 16.7 Å². The molecule has 3 aromatic carbocycles. The number of anilines is 1. The Labute approximate surface area is 196 Å². The maximum atomic E-state index is 13.5. The summed E-state index contributed by atoms with van der Waals surface area (Å²) in [6.45, 7) is 4.45. The third-order valence-electron chi connectivity index (χ3n) is 6.26. The number of ether oxygens (including phenoxy) is 1. The summed E-state index contributed by atoms with van der Waals surface area (Å²) in [5.41, 5.74) is 2.02. The lowest BCUT2D eigenvalue weighted by Crippen LogP contribution is -2.45. The van der Waals surface area contributed by atoms with Crippen LogP contribution in [0.25, 0.3) is 22.3 Å². The number of methoxy groups -OCH3 is 1.